The van der Waals surface area contributed by atoms with Crippen molar-refractivity contribution in [2.24, 2.45) is 0 Å². The van der Waals surface area contributed by atoms with Gasteiger partial charge in [-0.1, -0.05) is 0 Å². The molecule has 0 saturated carbocycles. The lowest BCUT2D eigenvalue weighted by Gasteiger charge is -2.39. The molecule has 2 fully saturated rings. The molecule has 2 N–H and O–H groups in total. The number of carbonyl (C=O) groups excluding carboxylic acids is 2. The molecule has 0 spiro atoms. The Morgan fingerprint density at radius 2 is 1.94 bits per heavy atom. The molecule has 2 bridgehead atoms. The molecule has 2 saturated heterocycles. The maximum atomic E-state index is 12.4. The lowest BCUT2D eigenvalue weighted by molar-refractivity contribution is -0.141. The minimum absolute atomic E-state index is 0.0559. The molecule has 2 amide bonds. The molecule has 3 atom stereocenters. The summed E-state index contributed by atoms with van der Waals surface area (Å²) in [6, 6.07) is -0.297. The molecule has 3 unspecified atom stereocenters. The van der Waals surface area contributed by atoms with Crippen molar-refractivity contribution in [3.05, 3.63) is 0 Å². The Morgan fingerprint density at radius 1 is 1.39 bits per heavy atom. The molecule has 5 nitrogen and oxygen atoms in total. The van der Waals surface area contributed by atoms with E-state index in [0.717, 1.165) is 12.8 Å². The Balaban J connectivity index is 2.06. The number of hydrogen-bond donors (Lipinski definition) is 3. The van der Waals surface area contributed by atoms with E-state index in [0.29, 0.717) is 18.6 Å². The van der Waals surface area contributed by atoms with Gasteiger partial charge < -0.3 is 15.3 Å². The maximum Gasteiger partial charge on any atom is 0.246 e. The van der Waals surface area contributed by atoms with Crippen LogP contribution in [0.1, 0.15) is 32.6 Å². The van der Waals surface area contributed by atoms with Crippen LogP contribution in [0.2, 0.25) is 0 Å². The van der Waals surface area contributed by atoms with Gasteiger partial charge in [-0.15, -0.1) is 0 Å². The van der Waals surface area contributed by atoms with Gasteiger partial charge in [0.25, 0.3) is 0 Å². The number of rotatable bonds is 3. The molecule has 2 heterocycles. The second kappa shape index (κ2) is 5.48. The zero-order valence-electron chi connectivity index (χ0n) is 10.5. The van der Waals surface area contributed by atoms with E-state index >= 15 is 0 Å². The number of aliphatic hydroxyl groups is 1. The van der Waals surface area contributed by atoms with Gasteiger partial charge in [-0.05, 0) is 25.7 Å². The lowest BCUT2D eigenvalue weighted by Crippen LogP contribution is -2.56. The van der Waals surface area contributed by atoms with E-state index in [1.807, 2.05) is 4.90 Å². The number of amides is 2. The van der Waals surface area contributed by atoms with Crippen LogP contribution in [0.4, 0.5) is 0 Å². The number of carbonyl (C=O) groups is 2. The van der Waals surface area contributed by atoms with Crippen LogP contribution in [-0.2, 0) is 9.59 Å². The molecule has 2 rings (SSSR count). The third-order valence-electron chi connectivity index (χ3n) is 3.82. The quantitative estimate of drug-likeness (QED) is 0.630. The van der Waals surface area contributed by atoms with E-state index in [1.54, 1.807) is 0 Å². The number of thiol groups is 1. The number of nitrogens with one attached hydrogen (secondary N) is 1. The molecule has 6 heteroatoms. The van der Waals surface area contributed by atoms with Gasteiger partial charge in [0.2, 0.25) is 11.8 Å². The third kappa shape index (κ3) is 2.64. The fourth-order valence-electron chi connectivity index (χ4n) is 3.12. The Morgan fingerprint density at radius 3 is 2.39 bits per heavy atom. The molecule has 2 aliphatic heterocycles. The highest BCUT2D eigenvalue weighted by atomic mass is 32.1. The highest BCUT2D eigenvalue weighted by Crippen LogP contribution is 2.36. The Labute approximate surface area is 112 Å². The summed E-state index contributed by atoms with van der Waals surface area (Å²) in [5.74, 6) is 0.0306. The largest absolute Gasteiger partial charge is 0.393 e. The molecule has 2 aliphatic rings. The van der Waals surface area contributed by atoms with E-state index in [1.165, 1.54) is 6.92 Å². The predicted molar refractivity (Wildman–Crippen MR) is 70.4 cm³/mol. The Bertz CT molecular complexity index is 336. The number of nitrogens with zero attached hydrogens (tertiary/aromatic N) is 1. The average molecular weight is 272 g/mol. The predicted octanol–water partition coefficient (Wildman–Crippen LogP) is -0.0648. The Hall–Kier alpha value is -0.750. The standard InChI is InChI=1S/C12H20N2O3S/c1-7(15)13-11(6-18)12(17)14-8-2-3-9(14)5-10(16)4-8/h8-11,16,18H,2-6H2,1H3,(H,13,15). The molecule has 0 aromatic heterocycles. The lowest BCUT2D eigenvalue weighted by atomic mass is 9.99. The summed E-state index contributed by atoms with van der Waals surface area (Å²) < 4.78 is 0. The van der Waals surface area contributed by atoms with Crippen molar-refractivity contribution in [1.82, 2.24) is 10.2 Å². The van der Waals surface area contributed by atoms with E-state index in [2.05, 4.69) is 17.9 Å². The van der Waals surface area contributed by atoms with E-state index in [9.17, 15) is 14.7 Å². The number of hydrogen-bond acceptors (Lipinski definition) is 4. The third-order valence-corrected chi connectivity index (χ3v) is 4.19. The second-order valence-corrected chi connectivity index (χ2v) is 5.56. The first kappa shape index (κ1) is 13.7. The van der Waals surface area contributed by atoms with Gasteiger partial charge >= 0.3 is 0 Å². The van der Waals surface area contributed by atoms with Crippen LogP contribution in [0.3, 0.4) is 0 Å². The summed E-state index contributed by atoms with van der Waals surface area (Å²) in [5, 5.41) is 12.3. The number of aliphatic hydroxyl groups excluding tert-OH is 1. The fourth-order valence-corrected chi connectivity index (χ4v) is 3.37. The summed E-state index contributed by atoms with van der Waals surface area (Å²) >= 11 is 4.13. The van der Waals surface area contributed by atoms with Gasteiger partial charge in [-0.2, -0.15) is 12.6 Å². The first-order chi connectivity index (χ1) is 8.52. The monoisotopic (exact) mass is 272 g/mol. The van der Waals surface area contributed by atoms with Crippen molar-refractivity contribution in [1.29, 1.82) is 0 Å². The maximum absolute atomic E-state index is 12.4. The second-order valence-electron chi connectivity index (χ2n) is 5.19. The van der Waals surface area contributed by atoms with Gasteiger partial charge in [-0.3, -0.25) is 9.59 Å². The normalized spacial score (nSPS) is 32.2. The van der Waals surface area contributed by atoms with Crippen LogP contribution < -0.4 is 5.32 Å². The average Bonchev–Trinajstić information content (AvgIpc) is 2.57. The minimum atomic E-state index is -0.552. The number of fused-ring (bicyclic) bond motifs is 2. The van der Waals surface area contributed by atoms with Crippen molar-refractivity contribution in [3.63, 3.8) is 0 Å². The molecule has 18 heavy (non-hydrogen) atoms. The van der Waals surface area contributed by atoms with Crippen molar-refractivity contribution in [3.8, 4) is 0 Å². The first-order valence-electron chi connectivity index (χ1n) is 6.41. The highest BCUT2D eigenvalue weighted by molar-refractivity contribution is 7.80. The van der Waals surface area contributed by atoms with Crippen LogP contribution in [0.15, 0.2) is 0 Å². The first-order valence-corrected chi connectivity index (χ1v) is 7.04. The van der Waals surface area contributed by atoms with Gasteiger partial charge in [0.15, 0.2) is 0 Å². The minimum Gasteiger partial charge on any atom is -0.393 e. The summed E-state index contributed by atoms with van der Waals surface area (Å²) in [6.45, 7) is 1.40. The molecule has 0 aliphatic carbocycles. The van der Waals surface area contributed by atoms with Gasteiger partial charge in [0.05, 0.1) is 6.10 Å². The zero-order valence-corrected chi connectivity index (χ0v) is 11.4. The summed E-state index contributed by atoms with van der Waals surface area (Å²) in [6.07, 6.45) is 2.92. The van der Waals surface area contributed by atoms with Crippen LogP contribution in [0.5, 0.6) is 0 Å². The van der Waals surface area contributed by atoms with Gasteiger partial charge in [0.1, 0.15) is 6.04 Å². The smallest absolute Gasteiger partial charge is 0.246 e. The summed E-state index contributed by atoms with van der Waals surface area (Å²) in [7, 11) is 0. The molecular weight excluding hydrogens is 252 g/mol. The summed E-state index contributed by atoms with van der Waals surface area (Å²) in [4.78, 5) is 25.4. The highest BCUT2D eigenvalue weighted by Gasteiger charge is 2.44. The zero-order chi connectivity index (χ0) is 13.3. The summed E-state index contributed by atoms with van der Waals surface area (Å²) in [5.41, 5.74) is 0. The molecule has 0 aromatic carbocycles. The number of piperidine rings is 1. The van der Waals surface area contributed by atoms with Crippen molar-refractivity contribution in [2.45, 2.75) is 56.8 Å². The van der Waals surface area contributed by atoms with E-state index < -0.39 is 6.04 Å². The molecule has 0 radical (unpaired) electrons. The topological polar surface area (TPSA) is 69.6 Å². The SMILES string of the molecule is CC(=O)NC(CS)C(=O)N1C2CCC1CC(O)C2. The van der Waals surface area contributed by atoms with E-state index in [-0.39, 0.29) is 30.0 Å². The van der Waals surface area contributed by atoms with Crippen molar-refractivity contribution >= 4 is 24.4 Å². The van der Waals surface area contributed by atoms with Gasteiger partial charge in [-0.25, -0.2) is 0 Å². The van der Waals surface area contributed by atoms with Crippen LogP contribution >= 0.6 is 12.6 Å². The van der Waals surface area contributed by atoms with Crippen LogP contribution in [0.25, 0.3) is 0 Å². The van der Waals surface area contributed by atoms with Gasteiger partial charge in [0, 0.05) is 24.8 Å². The molecule has 0 aromatic rings. The van der Waals surface area contributed by atoms with Crippen LogP contribution in [0, 0.1) is 0 Å². The van der Waals surface area contributed by atoms with Crippen LogP contribution in [-0.4, -0.2) is 51.8 Å². The Kier molecular flexibility index (Phi) is 4.17. The van der Waals surface area contributed by atoms with E-state index in [4.69, 9.17) is 0 Å². The van der Waals surface area contributed by atoms with Crippen molar-refractivity contribution < 1.29 is 14.7 Å². The van der Waals surface area contributed by atoms with Crippen molar-refractivity contribution in [2.75, 3.05) is 5.75 Å². The fraction of sp³-hybridized carbons (Fsp3) is 0.833. The molecular formula is C12H20N2O3S. The molecule has 102 valence electrons.